The lowest BCUT2D eigenvalue weighted by atomic mass is 10.0. The van der Waals surface area contributed by atoms with Crippen LogP contribution < -0.4 is 5.32 Å². The Morgan fingerprint density at radius 1 is 0.774 bits per heavy atom. The molecule has 0 saturated heterocycles. The van der Waals surface area contributed by atoms with E-state index in [1.807, 2.05) is 12.1 Å². The van der Waals surface area contributed by atoms with E-state index in [2.05, 4.69) is 5.32 Å². The zero-order valence-corrected chi connectivity index (χ0v) is 17.0. The third kappa shape index (κ3) is 4.49. The Morgan fingerprint density at radius 2 is 1.35 bits per heavy atom. The second-order valence-electron chi connectivity index (χ2n) is 7.03. The van der Waals surface area contributed by atoms with E-state index in [0.29, 0.717) is 22.7 Å². The molecule has 0 aromatic heterocycles. The molecule has 4 rings (SSSR count). The fourth-order valence-corrected chi connectivity index (χ4v) is 3.47. The predicted molar refractivity (Wildman–Crippen MR) is 115 cm³/mol. The summed E-state index contributed by atoms with van der Waals surface area (Å²) in [4.78, 5) is 27.4. The van der Waals surface area contributed by atoms with E-state index in [1.165, 1.54) is 48.5 Å². The average molecular weight is 439 g/mol. The highest BCUT2D eigenvalue weighted by Gasteiger charge is 2.38. The number of halogens is 3. The van der Waals surface area contributed by atoms with E-state index < -0.39 is 23.4 Å². The lowest BCUT2D eigenvalue weighted by Gasteiger charge is -2.15. The molecule has 0 fully saturated rings. The smallest absolute Gasteiger partial charge is 0.278 e. The van der Waals surface area contributed by atoms with Crippen LogP contribution in [-0.2, 0) is 16.0 Å². The number of imide groups is 1. The van der Waals surface area contributed by atoms with E-state index in [0.717, 1.165) is 10.5 Å². The number of carbonyl (C=O) groups excluding carboxylic acids is 2. The van der Waals surface area contributed by atoms with Gasteiger partial charge in [-0.15, -0.1) is 0 Å². The van der Waals surface area contributed by atoms with Gasteiger partial charge in [-0.3, -0.25) is 14.5 Å². The van der Waals surface area contributed by atoms with Crippen molar-refractivity contribution in [3.63, 3.8) is 0 Å². The van der Waals surface area contributed by atoms with Gasteiger partial charge in [-0.25, -0.2) is 8.78 Å². The van der Waals surface area contributed by atoms with Crippen LogP contribution in [0, 0.1) is 11.6 Å². The molecule has 0 unspecified atom stereocenters. The molecule has 3 aromatic rings. The van der Waals surface area contributed by atoms with E-state index in [-0.39, 0.29) is 17.8 Å². The number of amides is 2. The molecule has 0 saturated carbocycles. The second kappa shape index (κ2) is 8.70. The van der Waals surface area contributed by atoms with Crippen LogP contribution in [0.5, 0.6) is 0 Å². The molecule has 3 aromatic carbocycles. The molecule has 1 aliphatic rings. The van der Waals surface area contributed by atoms with Gasteiger partial charge < -0.3 is 5.32 Å². The largest absolute Gasteiger partial charge is 0.350 e. The quantitative estimate of drug-likeness (QED) is 0.548. The molecule has 0 bridgehead atoms. The molecule has 4 nitrogen and oxygen atoms in total. The first kappa shape index (κ1) is 20.8. The highest BCUT2D eigenvalue weighted by atomic mass is 35.5. The van der Waals surface area contributed by atoms with Crippen molar-refractivity contribution in [1.29, 1.82) is 0 Å². The van der Waals surface area contributed by atoms with Crippen molar-refractivity contribution in [3.8, 4) is 0 Å². The molecule has 7 heteroatoms. The minimum atomic E-state index is -0.498. The Morgan fingerprint density at radius 3 is 1.97 bits per heavy atom. The first-order chi connectivity index (χ1) is 14.9. The molecule has 0 radical (unpaired) electrons. The third-order valence-electron chi connectivity index (χ3n) is 4.95. The van der Waals surface area contributed by atoms with Crippen LogP contribution in [0.3, 0.4) is 0 Å². The topological polar surface area (TPSA) is 49.4 Å². The Hall–Kier alpha value is -3.51. The summed E-state index contributed by atoms with van der Waals surface area (Å²) in [6.45, 7) is 0.165. The molecular weight excluding hydrogens is 422 g/mol. The molecule has 31 heavy (non-hydrogen) atoms. The molecule has 1 N–H and O–H groups in total. The molecule has 1 heterocycles. The second-order valence-corrected chi connectivity index (χ2v) is 7.46. The SMILES string of the molecule is O=C1C(Nc2ccc(F)cc2)=C(c2ccc(F)cc2)C(=O)N1CCc1ccc(Cl)cc1. The zero-order chi connectivity index (χ0) is 22.0. The van der Waals surface area contributed by atoms with E-state index in [1.54, 1.807) is 12.1 Å². The summed E-state index contributed by atoms with van der Waals surface area (Å²) in [6, 6.07) is 18.0. The number of benzene rings is 3. The van der Waals surface area contributed by atoms with Crippen LogP contribution in [0.2, 0.25) is 5.02 Å². The molecular formula is C24H17ClF2N2O2. The van der Waals surface area contributed by atoms with E-state index in [9.17, 15) is 18.4 Å². The van der Waals surface area contributed by atoms with Gasteiger partial charge in [0.25, 0.3) is 11.8 Å². The fraction of sp³-hybridized carbons (Fsp3) is 0.0833. The third-order valence-corrected chi connectivity index (χ3v) is 5.20. The average Bonchev–Trinajstić information content (AvgIpc) is 2.99. The van der Waals surface area contributed by atoms with Gasteiger partial charge in [-0.1, -0.05) is 35.9 Å². The Labute approximate surface area is 182 Å². The number of rotatable bonds is 6. The lowest BCUT2D eigenvalue weighted by molar-refractivity contribution is -0.136. The van der Waals surface area contributed by atoms with Crippen molar-refractivity contribution >= 4 is 34.7 Å². The molecule has 2 amide bonds. The van der Waals surface area contributed by atoms with Gasteiger partial charge in [0, 0.05) is 17.3 Å². The standard InChI is InChI=1S/C24H17ClF2N2O2/c25-17-5-1-15(2-6-17)13-14-29-23(30)21(16-3-7-18(26)8-4-16)22(24(29)31)28-20-11-9-19(27)10-12-20/h1-12,28H,13-14H2. The number of carbonyl (C=O) groups is 2. The minimum Gasteiger partial charge on any atom is -0.350 e. The minimum absolute atomic E-state index is 0.0688. The van der Waals surface area contributed by atoms with Crippen molar-refractivity contribution in [2.45, 2.75) is 6.42 Å². The van der Waals surface area contributed by atoms with Crippen molar-refractivity contribution < 1.29 is 18.4 Å². The number of hydrogen-bond donors (Lipinski definition) is 1. The van der Waals surface area contributed by atoms with Gasteiger partial charge in [-0.05, 0) is 66.1 Å². The number of hydrogen-bond acceptors (Lipinski definition) is 3. The summed E-state index contributed by atoms with van der Waals surface area (Å²) in [5.41, 5.74) is 2.01. The maximum atomic E-state index is 13.4. The monoisotopic (exact) mass is 438 g/mol. The summed E-state index contributed by atoms with van der Waals surface area (Å²) in [5.74, 6) is -1.84. The molecule has 0 atom stereocenters. The van der Waals surface area contributed by atoms with Crippen LogP contribution in [-0.4, -0.2) is 23.3 Å². The summed E-state index contributed by atoms with van der Waals surface area (Å²) in [6.07, 6.45) is 0.454. The summed E-state index contributed by atoms with van der Waals surface area (Å²) >= 11 is 5.91. The number of nitrogens with one attached hydrogen (secondary N) is 1. The van der Waals surface area contributed by atoms with Crippen LogP contribution in [0.1, 0.15) is 11.1 Å². The summed E-state index contributed by atoms with van der Waals surface area (Å²) in [5, 5.41) is 3.54. The van der Waals surface area contributed by atoms with Gasteiger partial charge in [0.2, 0.25) is 0 Å². The summed E-state index contributed by atoms with van der Waals surface area (Å²) < 4.78 is 26.7. The maximum Gasteiger partial charge on any atom is 0.278 e. The van der Waals surface area contributed by atoms with Crippen LogP contribution in [0.4, 0.5) is 14.5 Å². The molecule has 0 aliphatic carbocycles. The van der Waals surface area contributed by atoms with Crippen molar-refractivity contribution in [3.05, 3.63) is 106 Å². The van der Waals surface area contributed by atoms with Crippen LogP contribution in [0.15, 0.2) is 78.5 Å². The highest BCUT2D eigenvalue weighted by Crippen LogP contribution is 2.31. The molecule has 156 valence electrons. The maximum absolute atomic E-state index is 13.4. The first-order valence-electron chi connectivity index (χ1n) is 9.56. The van der Waals surface area contributed by atoms with Crippen molar-refractivity contribution in [2.75, 3.05) is 11.9 Å². The number of anilines is 1. The predicted octanol–water partition coefficient (Wildman–Crippen LogP) is 5.05. The van der Waals surface area contributed by atoms with Gasteiger partial charge in [0.15, 0.2) is 0 Å². The lowest BCUT2D eigenvalue weighted by Crippen LogP contribution is -2.34. The highest BCUT2D eigenvalue weighted by molar-refractivity contribution is 6.36. The van der Waals surface area contributed by atoms with E-state index in [4.69, 9.17) is 11.6 Å². The molecule has 0 spiro atoms. The van der Waals surface area contributed by atoms with Gasteiger partial charge in [0.05, 0.1) is 5.57 Å². The zero-order valence-electron chi connectivity index (χ0n) is 16.2. The Bertz CT molecular complexity index is 1160. The first-order valence-corrected chi connectivity index (χ1v) is 9.93. The molecule has 1 aliphatic heterocycles. The van der Waals surface area contributed by atoms with Gasteiger partial charge in [0.1, 0.15) is 17.3 Å². The van der Waals surface area contributed by atoms with E-state index >= 15 is 0 Å². The number of nitrogens with zero attached hydrogens (tertiary/aromatic N) is 1. The van der Waals surface area contributed by atoms with Gasteiger partial charge >= 0.3 is 0 Å². The summed E-state index contributed by atoms with van der Waals surface area (Å²) in [7, 11) is 0. The fourth-order valence-electron chi connectivity index (χ4n) is 3.35. The van der Waals surface area contributed by atoms with Crippen LogP contribution >= 0.6 is 11.6 Å². The van der Waals surface area contributed by atoms with Crippen molar-refractivity contribution in [2.24, 2.45) is 0 Å². The van der Waals surface area contributed by atoms with Gasteiger partial charge in [-0.2, -0.15) is 0 Å². The Kier molecular flexibility index (Phi) is 5.82. The Balaban J connectivity index is 1.64. The van der Waals surface area contributed by atoms with Crippen molar-refractivity contribution in [1.82, 2.24) is 4.90 Å². The van der Waals surface area contributed by atoms with Crippen LogP contribution in [0.25, 0.3) is 5.57 Å². The normalized spacial score (nSPS) is 13.8.